The van der Waals surface area contributed by atoms with Gasteiger partial charge < -0.3 is 5.11 Å². The van der Waals surface area contributed by atoms with Crippen LogP contribution in [0.3, 0.4) is 0 Å². The van der Waals surface area contributed by atoms with Gasteiger partial charge in [0.2, 0.25) is 0 Å². The van der Waals surface area contributed by atoms with E-state index in [1.807, 2.05) is 0 Å². The zero-order valence-electron chi connectivity index (χ0n) is 8.92. The van der Waals surface area contributed by atoms with Crippen molar-refractivity contribution in [2.75, 3.05) is 0 Å². The Balaban J connectivity index is 2.34. The van der Waals surface area contributed by atoms with Crippen LogP contribution < -0.4 is 0 Å². The van der Waals surface area contributed by atoms with E-state index in [1.54, 1.807) is 11.3 Å². The lowest BCUT2D eigenvalue weighted by Crippen LogP contribution is -2.36. The van der Waals surface area contributed by atoms with Gasteiger partial charge in [0.1, 0.15) is 5.60 Å². The third-order valence-corrected chi connectivity index (χ3v) is 4.70. The minimum absolute atomic E-state index is 0.411. The van der Waals surface area contributed by atoms with Gasteiger partial charge >= 0.3 is 0 Å². The molecule has 1 N–H and O–H groups in total. The highest BCUT2D eigenvalue weighted by atomic mass is 32.1. The minimum Gasteiger partial charge on any atom is -0.384 e. The summed E-state index contributed by atoms with van der Waals surface area (Å²) in [6.45, 7) is 4.28. The summed E-state index contributed by atoms with van der Waals surface area (Å²) in [7, 11) is 0. The first-order valence-electron chi connectivity index (χ1n) is 5.41. The lowest BCUT2D eigenvalue weighted by atomic mass is 9.75. The summed E-state index contributed by atoms with van der Waals surface area (Å²) < 4.78 is 0. The summed E-state index contributed by atoms with van der Waals surface area (Å²) in [6, 6.07) is 2.11. The Morgan fingerprint density at radius 3 is 2.86 bits per heavy atom. The lowest BCUT2D eigenvalue weighted by Gasteiger charge is -2.38. The average molecular weight is 210 g/mol. The Kier molecular flexibility index (Phi) is 2.67. The van der Waals surface area contributed by atoms with Crippen LogP contribution >= 0.6 is 11.3 Å². The highest BCUT2D eigenvalue weighted by Crippen LogP contribution is 2.44. The summed E-state index contributed by atoms with van der Waals surface area (Å²) in [6.07, 6.45) is 4.54. The Hall–Kier alpha value is -0.340. The molecule has 1 fully saturated rings. The molecule has 2 unspecified atom stereocenters. The Bertz CT molecular complexity index is 318. The van der Waals surface area contributed by atoms with Gasteiger partial charge in [-0.1, -0.05) is 19.8 Å². The molecule has 14 heavy (non-hydrogen) atoms. The minimum atomic E-state index is -0.531. The molecule has 2 rings (SSSR count). The molecule has 1 nitrogen and oxygen atoms in total. The number of thiophene rings is 1. The van der Waals surface area contributed by atoms with Gasteiger partial charge in [-0.25, -0.2) is 0 Å². The van der Waals surface area contributed by atoms with Gasteiger partial charge in [-0.2, -0.15) is 0 Å². The number of aryl methyl sites for hydroxylation is 1. The smallest absolute Gasteiger partial charge is 0.102 e. The van der Waals surface area contributed by atoms with Crippen molar-refractivity contribution in [2.45, 2.75) is 45.1 Å². The molecular weight excluding hydrogens is 192 g/mol. The molecule has 2 atom stereocenters. The van der Waals surface area contributed by atoms with E-state index in [9.17, 15) is 5.11 Å². The van der Waals surface area contributed by atoms with E-state index in [0.717, 1.165) is 19.3 Å². The fourth-order valence-corrected chi connectivity index (χ4v) is 3.65. The van der Waals surface area contributed by atoms with E-state index in [-0.39, 0.29) is 0 Å². The first-order chi connectivity index (χ1) is 6.64. The lowest BCUT2D eigenvalue weighted by molar-refractivity contribution is -0.0442. The zero-order chi connectivity index (χ0) is 10.2. The van der Waals surface area contributed by atoms with E-state index >= 15 is 0 Å². The van der Waals surface area contributed by atoms with E-state index in [0.29, 0.717) is 5.92 Å². The first-order valence-corrected chi connectivity index (χ1v) is 6.29. The molecule has 1 aliphatic rings. The molecular formula is C12H18OS. The van der Waals surface area contributed by atoms with Crippen molar-refractivity contribution < 1.29 is 5.11 Å². The van der Waals surface area contributed by atoms with E-state index in [2.05, 4.69) is 25.3 Å². The van der Waals surface area contributed by atoms with Crippen molar-refractivity contribution >= 4 is 11.3 Å². The van der Waals surface area contributed by atoms with Crippen LogP contribution in [-0.4, -0.2) is 5.11 Å². The molecule has 1 aromatic heterocycles. The van der Waals surface area contributed by atoms with E-state index in [4.69, 9.17) is 0 Å². The molecule has 1 heterocycles. The van der Waals surface area contributed by atoms with Crippen molar-refractivity contribution in [3.05, 3.63) is 21.9 Å². The SMILES string of the molecule is Cc1ccsc1C1(O)CCCCC1C. The number of aliphatic hydroxyl groups is 1. The molecule has 0 aromatic carbocycles. The van der Waals surface area contributed by atoms with Gasteiger partial charge in [0.15, 0.2) is 0 Å². The van der Waals surface area contributed by atoms with Gasteiger partial charge in [-0.15, -0.1) is 11.3 Å². The fourth-order valence-electron chi connectivity index (χ4n) is 2.48. The predicted octanol–water partition coefficient (Wildman–Crippen LogP) is 3.45. The van der Waals surface area contributed by atoms with Crippen molar-refractivity contribution in [3.63, 3.8) is 0 Å². The molecule has 1 saturated carbocycles. The second-order valence-corrected chi connectivity index (χ2v) is 5.42. The monoisotopic (exact) mass is 210 g/mol. The molecule has 0 radical (unpaired) electrons. The highest BCUT2D eigenvalue weighted by molar-refractivity contribution is 7.10. The van der Waals surface area contributed by atoms with Gasteiger partial charge in [0.25, 0.3) is 0 Å². The third kappa shape index (κ3) is 1.51. The Morgan fingerprint density at radius 2 is 2.29 bits per heavy atom. The van der Waals surface area contributed by atoms with Gasteiger partial charge in [-0.05, 0) is 42.7 Å². The maximum atomic E-state index is 10.7. The zero-order valence-corrected chi connectivity index (χ0v) is 9.73. The van der Waals surface area contributed by atoms with Gasteiger partial charge in [0, 0.05) is 4.88 Å². The second kappa shape index (κ2) is 3.67. The highest BCUT2D eigenvalue weighted by Gasteiger charge is 2.39. The summed E-state index contributed by atoms with van der Waals surface area (Å²) in [5.41, 5.74) is 0.725. The maximum absolute atomic E-state index is 10.7. The van der Waals surface area contributed by atoms with Crippen molar-refractivity contribution in [3.8, 4) is 0 Å². The van der Waals surface area contributed by atoms with Crippen molar-refractivity contribution in [1.82, 2.24) is 0 Å². The quantitative estimate of drug-likeness (QED) is 0.752. The van der Waals surface area contributed by atoms with Crippen LogP contribution in [0.1, 0.15) is 43.0 Å². The molecule has 78 valence electrons. The number of hydrogen-bond acceptors (Lipinski definition) is 2. The first kappa shape index (κ1) is 10.2. The molecule has 0 spiro atoms. The predicted molar refractivity (Wildman–Crippen MR) is 60.6 cm³/mol. The van der Waals surface area contributed by atoms with E-state index in [1.165, 1.54) is 16.9 Å². The summed E-state index contributed by atoms with van der Waals surface area (Å²) in [5, 5.41) is 12.8. The molecule has 0 bridgehead atoms. The molecule has 0 aliphatic heterocycles. The topological polar surface area (TPSA) is 20.2 Å². The number of rotatable bonds is 1. The molecule has 0 amide bonds. The number of hydrogen-bond donors (Lipinski definition) is 1. The van der Waals surface area contributed by atoms with Crippen LogP contribution in [0.2, 0.25) is 0 Å². The molecule has 1 aliphatic carbocycles. The Morgan fingerprint density at radius 1 is 1.50 bits per heavy atom. The maximum Gasteiger partial charge on any atom is 0.102 e. The van der Waals surface area contributed by atoms with Crippen molar-refractivity contribution in [2.24, 2.45) is 5.92 Å². The largest absolute Gasteiger partial charge is 0.384 e. The summed E-state index contributed by atoms with van der Waals surface area (Å²) >= 11 is 1.71. The van der Waals surface area contributed by atoms with Crippen molar-refractivity contribution in [1.29, 1.82) is 0 Å². The van der Waals surface area contributed by atoms with Crippen LogP contribution in [0.15, 0.2) is 11.4 Å². The van der Waals surface area contributed by atoms with Crippen LogP contribution in [0.4, 0.5) is 0 Å². The normalized spacial score (nSPS) is 33.2. The van der Waals surface area contributed by atoms with Gasteiger partial charge in [-0.3, -0.25) is 0 Å². The van der Waals surface area contributed by atoms with Gasteiger partial charge in [0.05, 0.1) is 0 Å². The summed E-state index contributed by atoms with van der Waals surface area (Å²) in [4.78, 5) is 1.20. The fraction of sp³-hybridized carbons (Fsp3) is 0.667. The molecule has 2 heteroatoms. The average Bonchev–Trinajstić information content (AvgIpc) is 2.57. The van der Waals surface area contributed by atoms with Crippen LogP contribution in [0, 0.1) is 12.8 Å². The third-order valence-electron chi connectivity index (χ3n) is 3.52. The van der Waals surface area contributed by atoms with Crippen LogP contribution in [0.25, 0.3) is 0 Å². The Labute approximate surface area is 89.8 Å². The van der Waals surface area contributed by atoms with Crippen LogP contribution in [0.5, 0.6) is 0 Å². The van der Waals surface area contributed by atoms with Crippen LogP contribution in [-0.2, 0) is 5.60 Å². The molecule has 0 saturated heterocycles. The molecule has 1 aromatic rings. The standard InChI is InChI=1S/C12H18OS/c1-9-6-8-14-11(9)12(13)7-4-3-5-10(12)2/h6,8,10,13H,3-5,7H2,1-2H3. The van der Waals surface area contributed by atoms with E-state index < -0.39 is 5.60 Å². The second-order valence-electron chi connectivity index (χ2n) is 4.50. The summed E-state index contributed by atoms with van der Waals surface area (Å²) in [5.74, 6) is 0.411.